The van der Waals surface area contributed by atoms with Gasteiger partial charge in [0.1, 0.15) is 0 Å². The van der Waals surface area contributed by atoms with Crippen molar-refractivity contribution in [1.29, 1.82) is 0 Å². The first kappa shape index (κ1) is 33.3. The van der Waals surface area contributed by atoms with Crippen LogP contribution in [-0.4, -0.2) is 43.4 Å². The molecule has 36 heavy (non-hydrogen) atoms. The summed E-state index contributed by atoms with van der Waals surface area (Å²) >= 11 is 0. The lowest BCUT2D eigenvalue weighted by atomic mass is 9.97. The van der Waals surface area contributed by atoms with Gasteiger partial charge in [-0.1, -0.05) is 77.0 Å². The van der Waals surface area contributed by atoms with E-state index in [0.29, 0.717) is 12.8 Å². The summed E-state index contributed by atoms with van der Waals surface area (Å²) < 4.78 is 126. The van der Waals surface area contributed by atoms with Crippen molar-refractivity contribution < 1.29 is 49.0 Å². The van der Waals surface area contributed by atoms with Gasteiger partial charge in [-0.05, 0) is 32.1 Å². The van der Waals surface area contributed by atoms with E-state index >= 15 is 0 Å². The molecule has 0 N–H and O–H groups in total. The molecule has 0 aliphatic carbocycles. The predicted octanol–water partition coefficient (Wildman–Crippen LogP) is 9.85. The first-order chi connectivity index (χ1) is 16.8. The van der Waals surface area contributed by atoms with E-state index in [0.717, 1.165) is 71.0 Å². The molecule has 0 aromatic carbocycles. The minimum absolute atomic E-state index is 0.0241. The van der Waals surface area contributed by atoms with Crippen LogP contribution in [0.4, 0.5) is 39.5 Å². The molecule has 1 unspecified atom stereocenters. The van der Waals surface area contributed by atoms with E-state index in [9.17, 15) is 39.5 Å². The molecule has 1 saturated heterocycles. The van der Waals surface area contributed by atoms with Crippen LogP contribution in [0.5, 0.6) is 0 Å². The zero-order valence-electron chi connectivity index (χ0n) is 20.9. The molecule has 0 radical (unpaired) electrons. The van der Waals surface area contributed by atoms with E-state index in [-0.39, 0.29) is 12.7 Å². The third-order valence-corrected chi connectivity index (χ3v) is 6.54. The summed E-state index contributed by atoms with van der Waals surface area (Å²) in [4.78, 5) is 0. The van der Waals surface area contributed by atoms with Gasteiger partial charge in [-0.3, -0.25) is 0 Å². The fraction of sp³-hybridized carbons (Fsp3) is 1.00. The average Bonchev–Trinajstić information content (AvgIpc) is 2.80. The SMILES string of the molecule is FC(F)(F)C(F)(F)C(F)(F)C(F)(F)CCCCCCCCCCCCCCCCOC1CCCCO1. The van der Waals surface area contributed by atoms with Crippen molar-refractivity contribution >= 4 is 0 Å². The Labute approximate surface area is 208 Å². The molecule has 2 nitrogen and oxygen atoms in total. The van der Waals surface area contributed by atoms with Gasteiger partial charge in [0.05, 0.1) is 0 Å². The third kappa shape index (κ3) is 11.4. The van der Waals surface area contributed by atoms with Crippen molar-refractivity contribution in [2.24, 2.45) is 0 Å². The van der Waals surface area contributed by atoms with Gasteiger partial charge in [0, 0.05) is 19.6 Å². The van der Waals surface area contributed by atoms with Gasteiger partial charge in [0.2, 0.25) is 0 Å². The molecule has 0 aromatic heterocycles. The van der Waals surface area contributed by atoms with Crippen LogP contribution in [0.15, 0.2) is 0 Å². The molecule has 0 aromatic rings. The molecule has 0 saturated carbocycles. The van der Waals surface area contributed by atoms with Gasteiger partial charge in [0.15, 0.2) is 6.29 Å². The first-order valence-corrected chi connectivity index (χ1v) is 13.3. The maximum absolute atomic E-state index is 13.4. The Kier molecular flexibility index (Phi) is 15.1. The van der Waals surface area contributed by atoms with E-state index in [4.69, 9.17) is 9.47 Å². The summed E-state index contributed by atoms with van der Waals surface area (Å²) in [6, 6.07) is 0. The van der Waals surface area contributed by atoms with Crippen LogP contribution < -0.4 is 0 Å². The highest BCUT2D eigenvalue weighted by molar-refractivity contribution is 5.00. The number of halogens is 9. The number of alkyl halides is 9. The lowest BCUT2D eigenvalue weighted by Gasteiger charge is -2.33. The van der Waals surface area contributed by atoms with Gasteiger partial charge in [-0.25, -0.2) is 0 Å². The number of hydrogen-bond donors (Lipinski definition) is 0. The van der Waals surface area contributed by atoms with Gasteiger partial charge in [-0.2, -0.15) is 39.5 Å². The Bertz CT molecular complexity index is 562. The molecular weight excluding hydrogens is 503 g/mol. The summed E-state index contributed by atoms with van der Waals surface area (Å²) in [7, 11) is 0. The van der Waals surface area contributed by atoms with Crippen molar-refractivity contribution in [3.05, 3.63) is 0 Å². The van der Waals surface area contributed by atoms with Crippen molar-refractivity contribution in [2.75, 3.05) is 13.2 Å². The molecular formula is C25H41F9O2. The van der Waals surface area contributed by atoms with Crippen LogP contribution >= 0.6 is 0 Å². The summed E-state index contributed by atoms with van der Waals surface area (Å²) in [5.74, 6) is -18.7. The monoisotopic (exact) mass is 544 g/mol. The summed E-state index contributed by atoms with van der Waals surface area (Å²) in [6.45, 7) is 1.53. The predicted molar refractivity (Wildman–Crippen MR) is 120 cm³/mol. The molecule has 0 amide bonds. The van der Waals surface area contributed by atoms with E-state index in [1.165, 1.54) is 25.7 Å². The molecule has 1 atom stereocenters. The molecule has 1 fully saturated rings. The van der Waals surface area contributed by atoms with Crippen LogP contribution in [-0.2, 0) is 9.47 Å². The second kappa shape index (κ2) is 16.3. The summed E-state index contributed by atoms with van der Waals surface area (Å²) in [5, 5.41) is 0. The van der Waals surface area contributed by atoms with Gasteiger partial charge < -0.3 is 9.47 Å². The standard InChI is InChI=1S/C25H41F9O2/c26-22(27,23(28,29)24(30,31)25(32,33)34)18-14-11-9-7-5-3-1-2-4-6-8-10-12-15-19-35-21-17-13-16-20-36-21/h21H,1-20H2. The van der Waals surface area contributed by atoms with Crippen LogP contribution in [0.1, 0.15) is 116 Å². The Morgan fingerprint density at radius 1 is 0.556 bits per heavy atom. The zero-order valence-corrected chi connectivity index (χ0v) is 20.9. The number of hydrogen-bond acceptors (Lipinski definition) is 2. The van der Waals surface area contributed by atoms with Crippen LogP contribution in [0.3, 0.4) is 0 Å². The van der Waals surface area contributed by atoms with Crippen molar-refractivity contribution in [1.82, 2.24) is 0 Å². The fourth-order valence-electron chi connectivity index (χ4n) is 4.19. The second-order valence-electron chi connectivity index (χ2n) is 9.72. The second-order valence-corrected chi connectivity index (χ2v) is 9.72. The highest BCUT2D eigenvalue weighted by Gasteiger charge is 2.81. The normalized spacial score (nSPS) is 18.1. The first-order valence-electron chi connectivity index (χ1n) is 13.3. The quantitative estimate of drug-likeness (QED) is 0.112. The van der Waals surface area contributed by atoms with E-state index in [1.807, 2.05) is 0 Å². The Morgan fingerprint density at radius 2 is 1.00 bits per heavy atom. The molecule has 0 bridgehead atoms. The lowest BCUT2D eigenvalue weighted by molar-refractivity contribution is -0.396. The van der Waals surface area contributed by atoms with Crippen LogP contribution in [0.25, 0.3) is 0 Å². The van der Waals surface area contributed by atoms with Gasteiger partial charge in [0.25, 0.3) is 0 Å². The topological polar surface area (TPSA) is 18.5 Å². The smallest absolute Gasteiger partial charge is 0.353 e. The number of rotatable bonds is 20. The third-order valence-electron chi connectivity index (χ3n) is 6.54. The lowest BCUT2D eigenvalue weighted by Crippen LogP contribution is -2.60. The van der Waals surface area contributed by atoms with Gasteiger partial charge >= 0.3 is 23.9 Å². The van der Waals surface area contributed by atoms with E-state index < -0.39 is 36.8 Å². The molecule has 0 spiro atoms. The minimum Gasteiger partial charge on any atom is -0.353 e. The van der Waals surface area contributed by atoms with E-state index in [1.54, 1.807) is 0 Å². The molecule has 1 aliphatic rings. The van der Waals surface area contributed by atoms with Gasteiger partial charge in [-0.15, -0.1) is 0 Å². The van der Waals surface area contributed by atoms with Crippen LogP contribution in [0, 0.1) is 0 Å². The number of ether oxygens (including phenoxy) is 2. The van der Waals surface area contributed by atoms with Crippen molar-refractivity contribution in [3.63, 3.8) is 0 Å². The van der Waals surface area contributed by atoms with Crippen molar-refractivity contribution in [2.45, 2.75) is 146 Å². The molecule has 1 aliphatic heterocycles. The number of unbranched alkanes of at least 4 members (excludes halogenated alkanes) is 13. The minimum atomic E-state index is -6.79. The Morgan fingerprint density at radius 3 is 1.42 bits per heavy atom. The van der Waals surface area contributed by atoms with Crippen molar-refractivity contribution in [3.8, 4) is 0 Å². The molecule has 1 rings (SSSR count). The maximum Gasteiger partial charge on any atom is 0.460 e. The average molecular weight is 545 g/mol. The molecule has 216 valence electrons. The zero-order chi connectivity index (χ0) is 27.1. The Balaban J connectivity index is 1.93. The Hall–Kier alpha value is -0.710. The van der Waals surface area contributed by atoms with Crippen LogP contribution in [0.2, 0.25) is 0 Å². The largest absolute Gasteiger partial charge is 0.460 e. The fourth-order valence-corrected chi connectivity index (χ4v) is 4.19. The summed E-state index contributed by atoms with van der Waals surface area (Å²) in [5.41, 5.74) is 0. The molecule has 1 heterocycles. The summed E-state index contributed by atoms with van der Waals surface area (Å²) in [6.07, 6.45) is 6.17. The highest BCUT2D eigenvalue weighted by Crippen LogP contribution is 2.54. The highest BCUT2D eigenvalue weighted by atomic mass is 19.4. The maximum atomic E-state index is 13.4. The van der Waals surface area contributed by atoms with E-state index in [2.05, 4.69) is 0 Å². The molecule has 11 heteroatoms.